The van der Waals surface area contributed by atoms with Gasteiger partial charge in [0.1, 0.15) is 6.10 Å². The van der Waals surface area contributed by atoms with E-state index >= 15 is 0 Å². The van der Waals surface area contributed by atoms with E-state index in [4.69, 9.17) is 9.47 Å². The molecular formula is C15H21NO4. The third-order valence-corrected chi connectivity index (χ3v) is 3.51. The Labute approximate surface area is 119 Å². The van der Waals surface area contributed by atoms with Crippen LogP contribution in [-0.4, -0.2) is 55.5 Å². The van der Waals surface area contributed by atoms with Gasteiger partial charge in [0.05, 0.1) is 32.3 Å². The van der Waals surface area contributed by atoms with Gasteiger partial charge in [-0.1, -0.05) is 30.3 Å². The zero-order chi connectivity index (χ0) is 14.4. The number of amides is 1. The van der Waals surface area contributed by atoms with E-state index in [9.17, 15) is 9.90 Å². The van der Waals surface area contributed by atoms with Crippen LogP contribution in [0.3, 0.4) is 0 Å². The monoisotopic (exact) mass is 279 g/mol. The molecule has 0 unspecified atom stereocenters. The van der Waals surface area contributed by atoms with E-state index in [2.05, 4.69) is 0 Å². The minimum atomic E-state index is -0.377. The van der Waals surface area contributed by atoms with E-state index < -0.39 is 0 Å². The molecule has 1 fully saturated rings. The molecule has 5 nitrogen and oxygen atoms in total. The molecule has 5 heteroatoms. The summed E-state index contributed by atoms with van der Waals surface area (Å²) in [5.41, 5.74) is 0.983. The van der Waals surface area contributed by atoms with Crippen LogP contribution < -0.4 is 0 Å². The van der Waals surface area contributed by atoms with Crippen LogP contribution in [0.1, 0.15) is 18.0 Å². The van der Waals surface area contributed by atoms with Crippen molar-refractivity contribution < 1.29 is 19.4 Å². The summed E-state index contributed by atoms with van der Waals surface area (Å²) in [5, 5.41) is 9.51. The summed E-state index contributed by atoms with van der Waals surface area (Å²) in [5.74, 6) is 0.0300. The van der Waals surface area contributed by atoms with E-state index in [0.29, 0.717) is 26.2 Å². The van der Waals surface area contributed by atoms with Gasteiger partial charge in [-0.15, -0.1) is 0 Å². The maximum Gasteiger partial charge on any atom is 0.225 e. The number of aliphatic hydroxyl groups is 1. The van der Waals surface area contributed by atoms with Crippen molar-refractivity contribution in [3.63, 3.8) is 0 Å². The van der Waals surface area contributed by atoms with E-state index in [-0.39, 0.29) is 24.7 Å². The molecule has 1 saturated heterocycles. The summed E-state index contributed by atoms with van der Waals surface area (Å²) in [6.07, 6.45) is -0.0320. The van der Waals surface area contributed by atoms with E-state index in [0.717, 1.165) is 5.56 Å². The molecule has 2 rings (SSSR count). The van der Waals surface area contributed by atoms with Gasteiger partial charge in [-0.2, -0.15) is 0 Å². The van der Waals surface area contributed by atoms with Crippen LogP contribution in [-0.2, 0) is 14.3 Å². The molecule has 0 spiro atoms. The summed E-state index contributed by atoms with van der Waals surface area (Å²) in [4.78, 5) is 14.1. The molecule has 0 radical (unpaired) electrons. The quantitative estimate of drug-likeness (QED) is 0.873. The van der Waals surface area contributed by atoms with Crippen molar-refractivity contribution >= 4 is 5.91 Å². The van der Waals surface area contributed by atoms with Gasteiger partial charge in [0.25, 0.3) is 0 Å². The van der Waals surface area contributed by atoms with Crippen molar-refractivity contribution in [2.75, 3.05) is 33.5 Å². The lowest BCUT2D eigenvalue weighted by Gasteiger charge is -2.41. The molecule has 2 atom stereocenters. The number of hydrogen-bond acceptors (Lipinski definition) is 4. The molecule has 0 bridgehead atoms. The fourth-order valence-corrected chi connectivity index (χ4v) is 2.54. The molecule has 1 aliphatic heterocycles. The van der Waals surface area contributed by atoms with Gasteiger partial charge in [0.2, 0.25) is 5.91 Å². The van der Waals surface area contributed by atoms with Crippen molar-refractivity contribution in [3.05, 3.63) is 35.9 Å². The van der Waals surface area contributed by atoms with Gasteiger partial charge in [0.15, 0.2) is 0 Å². The highest BCUT2D eigenvalue weighted by Gasteiger charge is 2.35. The molecule has 1 aliphatic rings. The van der Waals surface area contributed by atoms with Crippen LogP contribution in [0, 0.1) is 0 Å². The van der Waals surface area contributed by atoms with E-state index in [1.54, 1.807) is 12.0 Å². The van der Waals surface area contributed by atoms with Gasteiger partial charge < -0.3 is 19.5 Å². The number of nitrogens with zero attached hydrogens (tertiary/aromatic N) is 1. The maximum absolute atomic E-state index is 12.3. The number of morpholine rings is 1. The number of benzene rings is 1. The Hall–Kier alpha value is -1.43. The SMILES string of the molecule is COCCC(=O)N1CCO[C@H](CO)[C@H]1c1ccccc1. The van der Waals surface area contributed by atoms with Crippen LogP contribution in [0.25, 0.3) is 0 Å². The topological polar surface area (TPSA) is 59.0 Å². The van der Waals surface area contributed by atoms with Crippen LogP contribution in [0.2, 0.25) is 0 Å². The Morgan fingerprint density at radius 2 is 2.20 bits per heavy atom. The molecule has 110 valence electrons. The Morgan fingerprint density at radius 3 is 2.85 bits per heavy atom. The van der Waals surface area contributed by atoms with Crippen molar-refractivity contribution in [2.45, 2.75) is 18.6 Å². The molecule has 1 aromatic rings. The summed E-state index contributed by atoms with van der Waals surface area (Å²) in [6.45, 7) is 1.29. The number of ether oxygens (including phenoxy) is 2. The molecule has 1 aromatic carbocycles. The lowest BCUT2D eigenvalue weighted by atomic mass is 9.98. The second-order valence-corrected chi connectivity index (χ2v) is 4.78. The van der Waals surface area contributed by atoms with Crippen molar-refractivity contribution in [1.82, 2.24) is 4.90 Å². The normalized spacial score (nSPS) is 22.8. The van der Waals surface area contributed by atoms with Gasteiger partial charge in [-0.05, 0) is 5.56 Å². The molecule has 0 aliphatic carbocycles. The molecule has 1 amide bonds. The number of carbonyl (C=O) groups excluding carboxylic acids is 1. The Bertz CT molecular complexity index is 423. The first-order valence-electron chi connectivity index (χ1n) is 6.83. The largest absolute Gasteiger partial charge is 0.394 e. The molecule has 20 heavy (non-hydrogen) atoms. The highest BCUT2D eigenvalue weighted by atomic mass is 16.5. The first-order chi connectivity index (χ1) is 9.77. The first-order valence-corrected chi connectivity index (χ1v) is 6.83. The predicted octanol–water partition coefficient (Wildman–Crippen LogP) is 0.984. The molecule has 0 aromatic heterocycles. The fourth-order valence-electron chi connectivity index (χ4n) is 2.54. The lowest BCUT2D eigenvalue weighted by Crippen LogP contribution is -2.49. The smallest absolute Gasteiger partial charge is 0.225 e. The number of hydrogen-bond donors (Lipinski definition) is 1. The van der Waals surface area contributed by atoms with Crippen LogP contribution in [0.15, 0.2) is 30.3 Å². The van der Waals surface area contributed by atoms with Crippen LogP contribution in [0.4, 0.5) is 0 Å². The average molecular weight is 279 g/mol. The molecular weight excluding hydrogens is 258 g/mol. The molecule has 1 heterocycles. The summed E-state index contributed by atoms with van der Waals surface area (Å²) >= 11 is 0. The Morgan fingerprint density at radius 1 is 1.45 bits per heavy atom. The van der Waals surface area contributed by atoms with Crippen molar-refractivity contribution in [3.8, 4) is 0 Å². The highest BCUT2D eigenvalue weighted by molar-refractivity contribution is 5.77. The summed E-state index contributed by atoms with van der Waals surface area (Å²) in [7, 11) is 1.58. The zero-order valence-electron chi connectivity index (χ0n) is 11.7. The highest BCUT2D eigenvalue weighted by Crippen LogP contribution is 2.29. The molecule has 1 N–H and O–H groups in total. The Balaban J connectivity index is 2.21. The minimum Gasteiger partial charge on any atom is -0.394 e. The zero-order valence-corrected chi connectivity index (χ0v) is 11.7. The summed E-state index contributed by atoms with van der Waals surface area (Å²) in [6, 6.07) is 9.46. The number of rotatable bonds is 5. The average Bonchev–Trinajstić information content (AvgIpc) is 2.52. The maximum atomic E-state index is 12.3. The van der Waals surface area contributed by atoms with Gasteiger partial charge in [0, 0.05) is 13.7 Å². The predicted molar refractivity (Wildman–Crippen MR) is 74.2 cm³/mol. The molecule has 0 saturated carbocycles. The third-order valence-electron chi connectivity index (χ3n) is 3.51. The van der Waals surface area contributed by atoms with E-state index in [1.165, 1.54) is 0 Å². The minimum absolute atomic E-state index is 0.0300. The van der Waals surface area contributed by atoms with Gasteiger partial charge in [-0.25, -0.2) is 0 Å². The fraction of sp³-hybridized carbons (Fsp3) is 0.533. The van der Waals surface area contributed by atoms with E-state index in [1.807, 2.05) is 30.3 Å². The van der Waals surface area contributed by atoms with Crippen molar-refractivity contribution in [1.29, 1.82) is 0 Å². The Kier molecular flexibility index (Phi) is 5.52. The van der Waals surface area contributed by atoms with Crippen LogP contribution in [0.5, 0.6) is 0 Å². The second-order valence-electron chi connectivity index (χ2n) is 4.78. The van der Waals surface area contributed by atoms with Gasteiger partial charge >= 0.3 is 0 Å². The number of methoxy groups -OCH3 is 1. The summed E-state index contributed by atoms with van der Waals surface area (Å²) < 4.78 is 10.6. The van der Waals surface area contributed by atoms with Crippen LogP contribution >= 0.6 is 0 Å². The number of aliphatic hydroxyl groups excluding tert-OH is 1. The first kappa shape index (κ1) is 15.0. The van der Waals surface area contributed by atoms with Crippen molar-refractivity contribution in [2.24, 2.45) is 0 Å². The standard InChI is InChI=1S/C15H21NO4/c1-19-9-7-14(18)16-8-10-20-13(11-17)15(16)12-5-3-2-4-6-12/h2-6,13,15,17H,7-11H2,1H3/t13-,15-/m1/s1. The number of carbonyl (C=O) groups is 1. The van der Waals surface area contributed by atoms with Gasteiger partial charge in [-0.3, -0.25) is 4.79 Å². The second kappa shape index (κ2) is 7.38. The third kappa shape index (κ3) is 3.36. The lowest BCUT2D eigenvalue weighted by molar-refractivity contribution is -0.150.